The molecule has 1 aromatic rings. The van der Waals surface area contributed by atoms with Crippen molar-refractivity contribution in [1.82, 2.24) is 4.72 Å². The van der Waals surface area contributed by atoms with E-state index in [-0.39, 0.29) is 24.1 Å². The van der Waals surface area contributed by atoms with Gasteiger partial charge in [0, 0.05) is 24.0 Å². The number of nitrogens with one attached hydrogen (secondary N) is 2. The van der Waals surface area contributed by atoms with Crippen LogP contribution in [0.2, 0.25) is 0 Å². The fraction of sp³-hybridized carbons (Fsp3) is 0.500. The fourth-order valence-electron chi connectivity index (χ4n) is 1.86. The third-order valence-corrected chi connectivity index (χ3v) is 4.86. The molecule has 0 spiro atoms. The summed E-state index contributed by atoms with van der Waals surface area (Å²) in [4.78, 5) is 11.7. The van der Waals surface area contributed by atoms with Crippen LogP contribution < -0.4 is 10.0 Å². The second kappa shape index (κ2) is 7.24. The Kier molecular flexibility index (Phi) is 5.61. The third kappa shape index (κ3) is 5.65. The number of anilines is 1. The van der Waals surface area contributed by atoms with E-state index in [1.165, 1.54) is 0 Å². The predicted octanol–water partition coefficient (Wildman–Crippen LogP) is 2.08. The summed E-state index contributed by atoms with van der Waals surface area (Å²) in [5.74, 6) is 0.524. The van der Waals surface area contributed by atoms with E-state index in [2.05, 4.69) is 10.0 Å². The first kappa shape index (κ1) is 16.3. The Bertz CT molecular complexity index is 600. The predicted molar refractivity (Wildman–Crippen MR) is 83.8 cm³/mol. The molecule has 0 unspecified atom stereocenters. The second-order valence-corrected chi connectivity index (χ2v) is 7.45. The van der Waals surface area contributed by atoms with Gasteiger partial charge in [-0.3, -0.25) is 4.79 Å². The highest BCUT2D eigenvalue weighted by Gasteiger charge is 2.29. The number of benzene rings is 1. The summed E-state index contributed by atoms with van der Waals surface area (Å²) in [7, 11) is -3.30. The Morgan fingerprint density at radius 2 is 2.10 bits per heavy atom. The standard InChI is InChI=1S/C14H19ClN2O3S/c15-7-2-8-21(19,20)16-10-11-3-1-4-13(9-11)17-14(18)12-5-6-12/h1,3-4,9,12,16H,2,5-8,10H2,(H,17,18). The van der Waals surface area contributed by atoms with E-state index >= 15 is 0 Å². The lowest BCUT2D eigenvalue weighted by atomic mass is 10.2. The number of amides is 1. The van der Waals surface area contributed by atoms with Gasteiger partial charge in [0.1, 0.15) is 0 Å². The molecule has 1 aliphatic rings. The summed E-state index contributed by atoms with van der Waals surface area (Å²) < 4.78 is 25.9. The monoisotopic (exact) mass is 330 g/mol. The molecule has 1 aliphatic carbocycles. The van der Waals surface area contributed by atoms with Crippen molar-refractivity contribution in [2.24, 2.45) is 5.92 Å². The van der Waals surface area contributed by atoms with Crippen molar-refractivity contribution in [3.05, 3.63) is 29.8 Å². The first-order valence-corrected chi connectivity index (χ1v) is 9.12. The molecule has 116 valence electrons. The van der Waals surface area contributed by atoms with Crippen LogP contribution in [0.4, 0.5) is 5.69 Å². The Hall–Kier alpha value is -1.11. The quantitative estimate of drug-likeness (QED) is 0.717. The van der Waals surface area contributed by atoms with Gasteiger partial charge >= 0.3 is 0 Å². The molecule has 0 saturated heterocycles. The molecule has 0 bridgehead atoms. The molecule has 2 rings (SSSR count). The van der Waals surface area contributed by atoms with Crippen LogP contribution in [0, 0.1) is 5.92 Å². The summed E-state index contributed by atoms with van der Waals surface area (Å²) >= 11 is 5.49. The number of sulfonamides is 1. The average molecular weight is 331 g/mol. The normalized spacial score (nSPS) is 14.9. The van der Waals surface area contributed by atoms with E-state index in [0.29, 0.717) is 18.0 Å². The number of hydrogen-bond donors (Lipinski definition) is 2. The zero-order valence-corrected chi connectivity index (χ0v) is 13.2. The van der Waals surface area contributed by atoms with Crippen molar-refractivity contribution in [2.75, 3.05) is 16.9 Å². The Balaban J connectivity index is 1.89. The maximum Gasteiger partial charge on any atom is 0.227 e. The van der Waals surface area contributed by atoms with Gasteiger partial charge in [0.05, 0.1) is 5.75 Å². The molecular formula is C14H19ClN2O3S. The molecule has 1 fully saturated rings. The van der Waals surface area contributed by atoms with Crippen molar-refractivity contribution in [2.45, 2.75) is 25.8 Å². The first-order valence-electron chi connectivity index (χ1n) is 6.93. The van der Waals surface area contributed by atoms with Crippen LogP contribution in [0.25, 0.3) is 0 Å². The van der Waals surface area contributed by atoms with Gasteiger partial charge in [0.2, 0.25) is 15.9 Å². The van der Waals surface area contributed by atoms with Gasteiger partial charge in [-0.15, -0.1) is 11.6 Å². The molecule has 1 aromatic carbocycles. The van der Waals surface area contributed by atoms with Crippen molar-refractivity contribution < 1.29 is 13.2 Å². The average Bonchev–Trinajstić information content (AvgIpc) is 3.28. The van der Waals surface area contributed by atoms with E-state index in [1.54, 1.807) is 18.2 Å². The van der Waals surface area contributed by atoms with E-state index in [0.717, 1.165) is 18.4 Å². The van der Waals surface area contributed by atoms with Crippen molar-refractivity contribution in [3.8, 4) is 0 Å². The molecular weight excluding hydrogens is 312 g/mol. The molecule has 1 saturated carbocycles. The second-order valence-electron chi connectivity index (χ2n) is 5.15. The van der Waals surface area contributed by atoms with Crippen LogP contribution in [0.5, 0.6) is 0 Å². The van der Waals surface area contributed by atoms with E-state index in [4.69, 9.17) is 11.6 Å². The number of carbonyl (C=O) groups excluding carboxylic acids is 1. The molecule has 7 heteroatoms. The Morgan fingerprint density at radius 3 is 2.76 bits per heavy atom. The van der Waals surface area contributed by atoms with Gasteiger partial charge in [-0.05, 0) is 37.0 Å². The number of hydrogen-bond acceptors (Lipinski definition) is 3. The summed E-state index contributed by atoms with van der Waals surface area (Å²) in [6, 6.07) is 7.19. The minimum Gasteiger partial charge on any atom is -0.326 e. The van der Waals surface area contributed by atoms with Crippen LogP contribution in [-0.2, 0) is 21.4 Å². The minimum absolute atomic E-state index is 0.0224. The molecule has 0 aliphatic heterocycles. The number of carbonyl (C=O) groups is 1. The van der Waals surface area contributed by atoms with Crippen LogP contribution in [0.3, 0.4) is 0 Å². The zero-order valence-electron chi connectivity index (χ0n) is 11.6. The van der Waals surface area contributed by atoms with Crippen molar-refractivity contribution in [3.63, 3.8) is 0 Å². The van der Waals surface area contributed by atoms with Crippen LogP contribution in [0.1, 0.15) is 24.8 Å². The summed E-state index contributed by atoms with van der Waals surface area (Å²) in [6.07, 6.45) is 2.33. The van der Waals surface area contributed by atoms with E-state index < -0.39 is 10.0 Å². The summed E-state index contributed by atoms with van der Waals surface area (Å²) in [5, 5.41) is 2.84. The third-order valence-electron chi connectivity index (χ3n) is 3.19. The Labute approximate surface area is 130 Å². The molecule has 0 atom stereocenters. The highest BCUT2D eigenvalue weighted by molar-refractivity contribution is 7.89. The highest BCUT2D eigenvalue weighted by Crippen LogP contribution is 2.30. The smallest absolute Gasteiger partial charge is 0.227 e. The molecule has 2 N–H and O–H groups in total. The van der Waals surface area contributed by atoms with Crippen LogP contribution >= 0.6 is 11.6 Å². The van der Waals surface area contributed by atoms with Crippen molar-refractivity contribution in [1.29, 1.82) is 0 Å². The SMILES string of the molecule is O=C(Nc1cccc(CNS(=O)(=O)CCCCl)c1)C1CC1. The molecule has 0 radical (unpaired) electrons. The van der Waals surface area contributed by atoms with Gasteiger partial charge in [-0.2, -0.15) is 0 Å². The summed E-state index contributed by atoms with van der Waals surface area (Å²) in [5.41, 5.74) is 1.50. The fourth-order valence-corrected chi connectivity index (χ4v) is 3.21. The number of alkyl halides is 1. The maximum atomic E-state index is 11.7. The maximum absolute atomic E-state index is 11.7. The minimum atomic E-state index is -3.30. The van der Waals surface area contributed by atoms with Gasteiger partial charge in [0.15, 0.2) is 0 Å². The lowest BCUT2D eigenvalue weighted by Crippen LogP contribution is -2.26. The largest absolute Gasteiger partial charge is 0.326 e. The lowest BCUT2D eigenvalue weighted by Gasteiger charge is -2.08. The van der Waals surface area contributed by atoms with Gasteiger partial charge in [0.25, 0.3) is 0 Å². The van der Waals surface area contributed by atoms with E-state index in [9.17, 15) is 13.2 Å². The highest BCUT2D eigenvalue weighted by atomic mass is 35.5. The number of halogens is 1. The van der Waals surface area contributed by atoms with Crippen LogP contribution in [0.15, 0.2) is 24.3 Å². The van der Waals surface area contributed by atoms with Crippen LogP contribution in [-0.4, -0.2) is 26.0 Å². The molecule has 21 heavy (non-hydrogen) atoms. The molecule has 5 nitrogen and oxygen atoms in total. The van der Waals surface area contributed by atoms with E-state index in [1.807, 2.05) is 6.07 Å². The number of rotatable bonds is 8. The molecule has 1 amide bonds. The Morgan fingerprint density at radius 1 is 1.33 bits per heavy atom. The van der Waals surface area contributed by atoms with Gasteiger partial charge < -0.3 is 5.32 Å². The molecule has 0 aromatic heterocycles. The zero-order chi connectivity index (χ0) is 15.3. The first-order chi connectivity index (χ1) is 10.00. The van der Waals surface area contributed by atoms with Gasteiger partial charge in [-0.25, -0.2) is 13.1 Å². The lowest BCUT2D eigenvalue weighted by molar-refractivity contribution is -0.117. The molecule has 0 heterocycles. The topological polar surface area (TPSA) is 75.3 Å². The van der Waals surface area contributed by atoms with Gasteiger partial charge in [-0.1, -0.05) is 12.1 Å². The van der Waals surface area contributed by atoms with Crippen molar-refractivity contribution >= 4 is 33.2 Å². The summed E-state index contributed by atoms with van der Waals surface area (Å²) in [6.45, 7) is 0.206.